The molecule has 3 fully saturated rings. The molecule has 4 atom stereocenters. The van der Waals surface area contributed by atoms with Crippen molar-refractivity contribution in [2.75, 3.05) is 6.61 Å². The lowest BCUT2D eigenvalue weighted by Crippen LogP contribution is -2.25. The molecule has 3 aliphatic carbocycles. The van der Waals surface area contributed by atoms with Gasteiger partial charge in [0.05, 0.1) is 6.61 Å². The molecule has 1 aromatic rings. The van der Waals surface area contributed by atoms with Crippen LogP contribution >= 0.6 is 0 Å². The second-order valence-electron chi connectivity index (χ2n) is 9.52. The van der Waals surface area contributed by atoms with Crippen molar-refractivity contribution in [2.24, 2.45) is 29.6 Å². The molecule has 3 saturated carbocycles. The van der Waals surface area contributed by atoms with Crippen LogP contribution in [0.25, 0.3) is 0 Å². The first-order valence-corrected chi connectivity index (χ1v) is 11.7. The van der Waals surface area contributed by atoms with E-state index in [1.807, 2.05) is 0 Å². The molecule has 0 saturated heterocycles. The van der Waals surface area contributed by atoms with Gasteiger partial charge in [0.2, 0.25) is 5.82 Å². The SMILES string of the molecule is CCCC1CCC2C(C3CCC(c4ccc(OCC)c(F)c4F)CC3)CCC12. The quantitative estimate of drug-likeness (QED) is 0.489. The highest BCUT2D eigenvalue weighted by Crippen LogP contribution is 2.56. The molecule has 0 bridgehead atoms. The molecule has 1 nitrogen and oxygen atoms in total. The fraction of sp³-hybridized carbons (Fsp3) is 0.760. The maximum absolute atomic E-state index is 14.6. The van der Waals surface area contributed by atoms with Crippen LogP contribution in [0.5, 0.6) is 5.75 Å². The molecule has 4 rings (SSSR count). The summed E-state index contributed by atoms with van der Waals surface area (Å²) in [6, 6.07) is 3.36. The predicted octanol–water partition coefficient (Wildman–Crippen LogP) is 7.49. The fourth-order valence-corrected chi connectivity index (χ4v) is 7.07. The van der Waals surface area contributed by atoms with Crippen molar-refractivity contribution >= 4 is 0 Å². The average Bonchev–Trinajstić information content (AvgIpc) is 3.29. The molecule has 0 radical (unpaired) electrons. The van der Waals surface area contributed by atoms with E-state index in [2.05, 4.69) is 6.92 Å². The van der Waals surface area contributed by atoms with Crippen LogP contribution in [0.1, 0.15) is 89.5 Å². The Bertz CT molecular complexity index is 665. The normalized spacial score (nSPS) is 35.1. The Kier molecular flexibility index (Phi) is 6.27. The molecular weight excluding hydrogens is 354 g/mol. The van der Waals surface area contributed by atoms with Crippen molar-refractivity contribution in [3.8, 4) is 5.75 Å². The van der Waals surface area contributed by atoms with Crippen LogP contribution in [-0.4, -0.2) is 6.61 Å². The summed E-state index contributed by atoms with van der Waals surface area (Å²) >= 11 is 0. The van der Waals surface area contributed by atoms with Gasteiger partial charge in [-0.2, -0.15) is 4.39 Å². The molecule has 28 heavy (non-hydrogen) atoms. The molecule has 0 heterocycles. The van der Waals surface area contributed by atoms with E-state index >= 15 is 0 Å². The number of benzene rings is 1. The summed E-state index contributed by atoms with van der Waals surface area (Å²) in [5, 5.41) is 0. The highest BCUT2D eigenvalue weighted by atomic mass is 19.2. The lowest BCUT2D eigenvalue weighted by atomic mass is 9.70. The van der Waals surface area contributed by atoms with Gasteiger partial charge in [-0.05, 0) is 105 Å². The Morgan fingerprint density at radius 1 is 0.821 bits per heavy atom. The fourth-order valence-electron chi connectivity index (χ4n) is 7.07. The summed E-state index contributed by atoms with van der Waals surface area (Å²) in [6.07, 6.45) is 12.9. The lowest BCUT2D eigenvalue weighted by molar-refractivity contribution is 0.177. The van der Waals surface area contributed by atoms with Crippen LogP contribution in [0.2, 0.25) is 0 Å². The Morgan fingerprint density at radius 3 is 2.25 bits per heavy atom. The monoisotopic (exact) mass is 390 g/mol. The topological polar surface area (TPSA) is 9.23 Å². The minimum absolute atomic E-state index is 0.0392. The van der Waals surface area contributed by atoms with Gasteiger partial charge in [-0.3, -0.25) is 0 Å². The smallest absolute Gasteiger partial charge is 0.200 e. The number of hydrogen-bond acceptors (Lipinski definition) is 1. The zero-order valence-corrected chi connectivity index (χ0v) is 17.6. The molecule has 0 aromatic heterocycles. The van der Waals surface area contributed by atoms with Gasteiger partial charge in [0.1, 0.15) is 0 Å². The second-order valence-corrected chi connectivity index (χ2v) is 9.52. The second kappa shape index (κ2) is 8.71. The number of ether oxygens (including phenoxy) is 1. The van der Waals surface area contributed by atoms with Gasteiger partial charge < -0.3 is 4.74 Å². The third-order valence-electron chi connectivity index (χ3n) is 8.26. The zero-order chi connectivity index (χ0) is 19.7. The maximum atomic E-state index is 14.6. The molecule has 0 amide bonds. The van der Waals surface area contributed by atoms with Gasteiger partial charge in [-0.15, -0.1) is 0 Å². The molecule has 0 N–H and O–H groups in total. The first kappa shape index (κ1) is 20.2. The van der Waals surface area contributed by atoms with Gasteiger partial charge in [0.15, 0.2) is 11.6 Å². The number of halogens is 2. The van der Waals surface area contributed by atoms with Gasteiger partial charge in [0.25, 0.3) is 0 Å². The van der Waals surface area contributed by atoms with Crippen molar-refractivity contribution in [3.63, 3.8) is 0 Å². The Morgan fingerprint density at radius 2 is 1.54 bits per heavy atom. The van der Waals surface area contributed by atoms with E-state index in [0.29, 0.717) is 12.2 Å². The van der Waals surface area contributed by atoms with E-state index in [4.69, 9.17) is 4.74 Å². The molecule has 156 valence electrons. The highest BCUT2D eigenvalue weighted by molar-refractivity contribution is 5.33. The summed E-state index contributed by atoms with van der Waals surface area (Å²) in [5.74, 6) is 3.33. The largest absolute Gasteiger partial charge is 0.491 e. The molecule has 4 unspecified atom stereocenters. The first-order valence-electron chi connectivity index (χ1n) is 11.7. The van der Waals surface area contributed by atoms with E-state index in [0.717, 1.165) is 42.4 Å². The van der Waals surface area contributed by atoms with E-state index in [1.165, 1.54) is 51.4 Å². The average molecular weight is 391 g/mol. The van der Waals surface area contributed by atoms with E-state index in [-0.39, 0.29) is 11.7 Å². The third kappa shape index (κ3) is 3.71. The minimum Gasteiger partial charge on any atom is -0.491 e. The van der Waals surface area contributed by atoms with Gasteiger partial charge in [-0.25, -0.2) is 4.39 Å². The van der Waals surface area contributed by atoms with Crippen molar-refractivity contribution in [2.45, 2.75) is 84.0 Å². The molecular formula is C25H36F2O. The van der Waals surface area contributed by atoms with E-state index in [9.17, 15) is 8.78 Å². The van der Waals surface area contributed by atoms with Gasteiger partial charge in [-0.1, -0.05) is 25.8 Å². The van der Waals surface area contributed by atoms with Crippen LogP contribution < -0.4 is 4.74 Å². The zero-order valence-electron chi connectivity index (χ0n) is 17.6. The van der Waals surface area contributed by atoms with Crippen molar-refractivity contribution in [3.05, 3.63) is 29.3 Å². The summed E-state index contributed by atoms with van der Waals surface area (Å²) in [5.41, 5.74) is 0.563. The molecule has 0 aliphatic heterocycles. The van der Waals surface area contributed by atoms with Gasteiger partial charge >= 0.3 is 0 Å². The maximum Gasteiger partial charge on any atom is 0.200 e. The van der Waals surface area contributed by atoms with Crippen molar-refractivity contribution in [1.82, 2.24) is 0 Å². The van der Waals surface area contributed by atoms with Crippen LogP contribution in [0, 0.1) is 41.2 Å². The van der Waals surface area contributed by atoms with Crippen molar-refractivity contribution < 1.29 is 13.5 Å². The standard InChI is InChI=1S/C25H36F2O/c1-3-5-16-10-11-22-19(16)12-13-20(22)17-6-8-18(9-7-17)21-14-15-23(28-4-2)25(27)24(21)26/h14-20,22H,3-13H2,1-2H3. The summed E-state index contributed by atoms with van der Waals surface area (Å²) < 4.78 is 34.1. The summed E-state index contributed by atoms with van der Waals surface area (Å²) in [4.78, 5) is 0. The molecule has 0 spiro atoms. The van der Waals surface area contributed by atoms with Crippen LogP contribution in [0.15, 0.2) is 12.1 Å². The summed E-state index contributed by atoms with van der Waals surface area (Å²) in [7, 11) is 0. The number of fused-ring (bicyclic) bond motifs is 1. The minimum atomic E-state index is -0.812. The van der Waals surface area contributed by atoms with E-state index < -0.39 is 11.6 Å². The predicted molar refractivity (Wildman–Crippen MR) is 110 cm³/mol. The van der Waals surface area contributed by atoms with Crippen LogP contribution in [-0.2, 0) is 0 Å². The molecule has 1 aromatic carbocycles. The Labute approximate surface area is 169 Å². The third-order valence-corrected chi connectivity index (χ3v) is 8.26. The summed E-state index contributed by atoms with van der Waals surface area (Å²) in [6.45, 7) is 4.46. The number of hydrogen-bond donors (Lipinski definition) is 0. The molecule has 3 aliphatic rings. The lowest BCUT2D eigenvalue weighted by Gasteiger charge is -2.35. The van der Waals surface area contributed by atoms with Crippen LogP contribution in [0.3, 0.4) is 0 Å². The molecule has 3 heteroatoms. The number of rotatable bonds is 6. The Hall–Kier alpha value is -1.12. The van der Waals surface area contributed by atoms with Gasteiger partial charge in [0, 0.05) is 0 Å². The Balaban J connectivity index is 1.37. The highest BCUT2D eigenvalue weighted by Gasteiger charge is 2.47. The first-order chi connectivity index (χ1) is 13.6. The van der Waals surface area contributed by atoms with Crippen LogP contribution in [0.4, 0.5) is 8.78 Å². The van der Waals surface area contributed by atoms with E-state index in [1.54, 1.807) is 19.1 Å². The van der Waals surface area contributed by atoms with Crippen molar-refractivity contribution in [1.29, 1.82) is 0 Å².